The Balaban J connectivity index is 2.11. The predicted molar refractivity (Wildman–Crippen MR) is 75.1 cm³/mol. The van der Waals surface area contributed by atoms with Crippen LogP contribution >= 0.6 is 0 Å². The number of hydrogen-bond donors (Lipinski definition) is 1. The van der Waals surface area contributed by atoms with Crippen molar-refractivity contribution in [1.82, 2.24) is 0 Å². The van der Waals surface area contributed by atoms with Gasteiger partial charge in [-0.15, -0.1) is 0 Å². The van der Waals surface area contributed by atoms with E-state index in [0.717, 1.165) is 12.1 Å². The number of halogens is 4. The summed E-state index contributed by atoms with van der Waals surface area (Å²) in [4.78, 5) is 0. The van der Waals surface area contributed by atoms with Crippen LogP contribution in [0.25, 0.3) is 0 Å². The van der Waals surface area contributed by atoms with Crippen LogP contribution in [-0.2, 0) is 6.18 Å². The summed E-state index contributed by atoms with van der Waals surface area (Å²) >= 11 is 0. The highest BCUT2D eigenvalue weighted by molar-refractivity contribution is 5.29. The zero-order valence-corrected chi connectivity index (χ0v) is 11.6. The number of alkyl halides is 3. The van der Waals surface area contributed by atoms with Gasteiger partial charge < -0.3 is 10.5 Å². The van der Waals surface area contributed by atoms with E-state index in [1.807, 2.05) is 0 Å². The maximum atomic E-state index is 13.1. The van der Waals surface area contributed by atoms with E-state index in [1.165, 1.54) is 24.3 Å². The van der Waals surface area contributed by atoms with Crippen molar-refractivity contribution < 1.29 is 22.3 Å². The van der Waals surface area contributed by atoms with Crippen LogP contribution in [-0.4, -0.2) is 13.2 Å². The van der Waals surface area contributed by atoms with Crippen molar-refractivity contribution in [2.45, 2.75) is 12.1 Å². The molecule has 1 atom stereocenters. The molecule has 0 aliphatic carbocycles. The Hall–Kier alpha value is -2.08. The van der Waals surface area contributed by atoms with Crippen molar-refractivity contribution >= 4 is 0 Å². The van der Waals surface area contributed by atoms with Crippen LogP contribution < -0.4 is 10.5 Å². The fraction of sp³-hybridized carbons (Fsp3) is 0.250. The summed E-state index contributed by atoms with van der Waals surface area (Å²) in [6.45, 7) is 0.192. The standard InChI is InChI=1S/C16H15F4NO/c17-14-5-2-6-15(8-14)22-10-12(9-21)11-3-1-4-13(7-11)16(18,19)20/h1-8,12H,9-10,21H2. The molecule has 0 bridgehead atoms. The molecule has 22 heavy (non-hydrogen) atoms. The van der Waals surface area contributed by atoms with Crippen molar-refractivity contribution in [2.75, 3.05) is 13.2 Å². The van der Waals surface area contributed by atoms with Gasteiger partial charge in [-0.1, -0.05) is 24.3 Å². The van der Waals surface area contributed by atoms with E-state index in [1.54, 1.807) is 12.1 Å². The molecule has 2 aromatic rings. The van der Waals surface area contributed by atoms with E-state index in [4.69, 9.17) is 10.5 Å². The first-order chi connectivity index (χ1) is 10.4. The fourth-order valence-electron chi connectivity index (χ4n) is 2.02. The molecular weight excluding hydrogens is 298 g/mol. The number of benzene rings is 2. The minimum Gasteiger partial charge on any atom is -0.493 e. The van der Waals surface area contributed by atoms with Crippen LogP contribution in [0, 0.1) is 5.82 Å². The molecule has 0 fully saturated rings. The summed E-state index contributed by atoms with van der Waals surface area (Å²) in [5, 5.41) is 0. The van der Waals surface area contributed by atoms with E-state index in [0.29, 0.717) is 11.3 Å². The van der Waals surface area contributed by atoms with Crippen molar-refractivity contribution in [3.63, 3.8) is 0 Å². The third-order valence-corrected chi connectivity index (χ3v) is 3.22. The summed E-state index contributed by atoms with van der Waals surface area (Å²) in [6.07, 6.45) is -4.40. The second-order valence-electron chi connectivity index (χ2n) is 4.82. The minimum absolute atomic E-state index is 0.0707. The first-order valence-electron chi connectivity index (χ1n) is 6.65. The van der Waals surface area contributed by atoms with E-state index >= 15 is 0 Å². The number of nitrogens with two attached hydrogens (primary N) is 1. The van der Waals surface area contributed by atoms with Crippen LogP contribution in [0.5, 0.6) is 5.75 Å². The van der Waals surface area contributed by atoms with Gasteiger partial charge in [-0.2, -0.15) is 13.2 Å². The number of hydrogen-bond acceptors (Lipinski definition) is 2. The summed E-state index contributed by atoms with van der Waals surface area (Å²) in [5.41, 5.74) is 5.33. The van der Waals surface area contributed by atoms with E-state index in [-0.39, 0.29) is 13.2 Å². The summed E-state index contributed by atoms with van der Waals surface area (Å²) in [7, 11) is 0. The highest BCUT2D eigenvalue weighted by Gasteiger charge is 2.30. The zero-order chi connectivity index (χ0) is 16.2. The molecule has 0 aromatic heterocycles. The number of rotatable bonds is 5. The average molecular weight is 313 g/mol. The molecule has 0 saturated heterocycles. The molecular formula is C16H15F4NO. The average Bonchev–Trinajstić information content (AvgIpc) is 2.47. The molecule has 0 heterocycles. The Labute approximate surface area is 125 Å². The van der Waals surface area contributed by atoms with Crippen LogP contribution in [0.15, 0.2) is 48.5 Å². The SMILES string of the molecule is NCC(COc1cccc(F)c1)c1cccc(C(F)(F)F)c1. The molecule has 2 nitrogen and oxygen atoms in total. The normalized spacial score (nSPS) is 13.0. The molecule has 0 spiro atoms. The van der Waals surface area contributed by atoms with Gasteiger partial charge in [0.25, 0.3) is 0 Å². The maximum absolute atomic E-state index is 13.1. The molecule has 0 aliphatic rings. The van der Waals surface area contributed by atoms with Gasteiger partial charge in [0, 0.05) is 18.5 Å². The second-order valence-corrected chi connectivity index (χ2v) is 4.82. The topological polar surface area (TPSA) is 35.2 Å². The Kier molecular flexibility index (Phi) is 5.03. The lowest BCUT2D eigenvalue weighted by Crippen LogP contribution is -2.20. The quantitative estimate of drug-likeness (QED) is 0.848. The molecule has 118 valence electrons. The largest absolute Gasteiger partial charge is 0.493 e. The molecule has 1 unspecified atom stereocenters. The van der Waals surface area contributed by atoms with E-state index in [2.05, 4.69) is 0 Å². The first-order valence-corrected chi connectivity index (χ1v) is 6.65. The van der Waals surface area contributed by atoms with Gasteiger partial charge in [0.05, 0.1) is 12.2 Å². The molecule has 0 radical (unpaired) electrons. The Bertz CT molecular complexity index is 628. The minimum atomic E-state index is -4.40. The number of ether oxygens (including phenoxy) is 1. The molecule has 2 N–H and O–H groups in total. The molecule has 0 aliphatic heterocycles. The van der Waals surface area contributed by atoms with Crippen molar-refractivity contribution in [3.8, 4) is 5.75 Å². The van der Waals surface area contributed by atoms with Crippen molar-refractivity contribution in [2.24, 2.45) is 5.73 Å². The highest BCUT2D eigenvalue weighted by Crippen LogP contribution is 2.31. The lowest BCUT2D eigenvalue weighted by molar-refractivity contribution is -0.137. The summed E-state index contributed by atoms with van der Waals surface area (Å²) in [6, 6.07) is 10.5. The van der Waals surface area contributed by atoms with Gasteiger partial charge in [0.15, 0.2) is 0 Å². The third kappa shape index (κ3) is 4.21. The van der Waals surface area contributed by atoms with Crippen LogP contribution in [0.4, 0.5) is 17.6 Å². The highest BCUT2D eigenvalue weighted by atomic mass is 19.4. The first kappa shape index (κ1) is 16.3. The smallest absolute Gasteiger partial charge is 0.416 e. The van der Waals surface area contributed by atoms with Crippen molar-refractivity contribution in [3.05, 3.63) is 65.5 Å². The summed E-state index contributed by atoms with van der Waals surface area (Å²) in [5.74, 6) is -0.545. The summed E-state index contributed by atoms with van der Waals surface area (Å²) < 4.78 is 56.6. The van der Waals surface area contributed by atoms with Gasteiger partial charge in [-0.25, -0.2) is 4.39 Å². The molecule has 6 heteroatoms. The molecule has 2 rings (SSSR count). The van der Waals surface area contributed by atoms with Gasteiger partial charge in [-0.3, -0.25) is 0 Å². The monoisotopic (exact) mass is 313 g/mol. The van der Waals surface area contributed by atoms with Crippen LogP contribution in [0.2, 0.25) is 0 Å². The Morgan fingerprint density at radius 3 is 2.41 bits per heavy atom. The van der Waals surface area contributed by atoms with Crippen molar-refractivity contribution in [1.29, 1.82) is 0 Å². The molecule has 2 aromatic carbocycles. The van der Waals surface area contributed by atoms with Gasteiger partial charge in [0.1, 0.15) is 11.6 Å². The lowest BCUT2D eigenvalue weighted by atomic mass is 9.98. The molecule has 0 amide bonds. The van der Waals surface area contributed by atoms with Gasteiger partial charge in [0.2, 0.25) is 0 Å². The molecule has 0 saturated carbocycles. The van der Waals surface area contributed by atoms with E-state index in [9.17, 15) is 17.6 Å². The maximum Gasteiger partial charge on any atom is 0.416 e. The predicted octanol–water partition coefficient (Wildman–Crippen LogP) is 3.97. The zero-order valence-electron chi connectivity index (χ0n) is 11.6. The van der Waals surface area contributed by atoms with E-state index < -0.39 is 23.5 Å². The Morgan fingerprint density at radius 1 is 1.05 bits per heavy atom. The fourth-order valence-corrected chi connectivity index (χ4v) is 2.02. The van der Waals surface area contributed by atoms with Gasteiger partial charge >= 0.3 is 6.18 Å². The van der Waals surface area contributed by atoms with Gasteiger partial charge in [-0.05, 0) is 23.8 Å². The van der Waals surface area contributed by atoms with Crippen LogP contribution in [0.3, 0.4) is 0 Å². The second kappa shape index (κ2) is 6.79. The lowest BCUT2D eigenvalue weighted by Gasteiger charge is -2.18. The Morgan fingerprint density at radius 2 is 1.77 bits per heavy atom. The third-order valence-electron chi connectivity index (χ3n) is 3.22. The van der Waals surface area contributed by atoms with Crippen LogP contribution in [0.1, 0.15) is 17.0 Å².